The molecule has 6 heteroatoms. The SMILES string of the molecule is COc1ccc(Br)c(-c2nc3c(s2)CCC3C(=O)O)c1. The maximum absolute atomic E-state index is 11.2. The lowest BCUT2D eigenvalue weighted by atomic mass is 10.1. The van der Waals surface area contributed by atoms with E-state index in [9.17, 15) is 9.90 Å². The van der Waals surface area contributed by atoms with Gasteiger partial charge in [0.2, 0.25) is 0 Å². The molecule has 1 aliphatic rings. The largest absolute Gasteiger partial charge is 0.497 e. The molecule has 1 unspecified atom stereocenters. The third kappa shape index (κ3) is 2.23. The average Bonchev–Trinajstić information content (AvgIpc) is 2.98. The van der Waals surface area contributed by atoms with Gasteiger partial charge in [-0.3, -0.25) is 4.79 Å². The van der Waals surface area contributed by atoms with Gasteiger partial charge in [-0.15, -0.1) is 11.3 Å². The van der Waals surface area contributed by atoms with Crippen molar-refractivity contribution in [1.82, 2.24) is 4.98 Å². The summed E-state index contributed by atoms with van der Waals surface area (Å²) < 4.78 is 6.16. The van der Waals surface area contributed by atoms with Crippen LogP contribution in [0.4, 0.5) is 0 Å². The van der Waals surface area contributed by atoms with Crippen molar-refractivity contribution in [3.63, 3.8) is 0 Å². The highest BCUT2D eigenvalue weighted by Crippen LogP contribution is 2.42. The van der Waals surface area contributed by atoms with Crippen LogP contribution in [-0.4, -0.2) is 23.2 Å². The molecule has 104 valence electrons. The van der Waals surface area contributed by atoms with Crippen molar-refractivity contribution in [2.45, 2.75) is 18.8 Å². The number of aliphatic carboxylic acids is 1. The summed E-state index contributed by atoms with van der Waals surface area (Å²) in [6.45, 7) is 0. The van der Waals surface area contributed by atoms with E-state index < -0.39 is 11.9 Å². The predicted molar refractivity (Wildman–Crippen MR) is 80.5 cm³/mol. The van der Waals surface area contributed by atoms with Gasteiger partial charge >= 0.3 is 5.97 Å². The molecule has 1 aromatic carbocycles. The number of methoxy groups -OCH3 is 1. The number of thiazole rings is 1. The van der Waals surface area contributed by atoms with Crippen LogP contribution in [0.25, 0.3) is 10.6 Å². The van der Waals surface area contributed by atoms with Crippen LogP contribution < -0.4 is 4.74 Å². The van der Waals surface area contributed by atoms with Gasteiger partial charge in [-0.1, -0.05) is 15.9 Å². The molecule has 3 rings (SSSR count). The van der Waals surface area contributed by atoms with Gasteiger partial charge in [-0.2, -0.15) is 0 Å². The van der Waals surface area contributed by atoms with Gasteiger partial charge in [0, 0.05) is 14.9 Å². The molecule has 1 heterocycles. The Morgan fingerprint density at radius 2 is 2.35 bits per heavy atom. The number of rotatable bonds is 3. The minimum absolute atomic E-state index is 0.459. The molecule has 0 saturated heterocycles. The second kappa shape index (κ2) is 5.18. The fourth-order valence-electron chi connectivity index (χ4n) is 2.38. The number of ether oxygens (including phenoxy) is 1. The van der Waals surface area contributed by atoms with E-state index in [4.69, 9.17) is 4.74 Å². The number of aromatic nitrogens is 1. The summed E-state index contributed by atoms with van der Waals surface area (Å²) in [5, 5.41) is 10.1. The van der Waals surface area contributed by atoms with Crippen molar-refractivity contribution in [2.75, 3.05) is 7.11 Å². The van der Waals surface area contributed by atoms with Crippen LogP contribution in [0.1, 0.15) is 22.9 Å². The summed E-state index contributed by atoms with van der Waals surface area (Å²) in [6, 6.07) is 5.69. The number of fused-ring (bicyclic) bond motifs is 1. The highest BCUT2D eigenvalue weighted by atomic mass is 79.9. The van der Waals surface area contributed by atoms with Crippen molar-refractivity contribution in [1.29, 1.82) is 0 Å². The number of carboxylic acids is 1. The highest BCUT2D eigenvalue weighted by Gasteiger charge is 2.32. The number of hydrogen-bond acceptors (Lipinski definition) is 4. The van der Waals surface area contributed by atoms with Crippen molar-refractivity contribution >= 4 is 33.2 Å². The van der Waals surface area contributed by atoms with Gasteiger partial charge in [-0.05, 0) is 31.0 Å². The normalized spacial score (nSPS) is 17.0. The molecule has 1 aliphatic carbocycles. The standard InChI is InChI=1S/C14H12BrNO3S/c1-19-7-2-4-10(15)9(6-7)13-16-12-8(14(17)18)3-5-11(12)20-13/h2,4,6,8H,3,5H2,1H3,(H,17,18). The topological polar surface area (TPSA) is 59.4 Å². The summed E-state index contributed by atoms with van der Waals surface area (Å²) in [5.74, 6) is -0.488. The number of nitrogens with zero attached hydrogens (tertiary/aromatic N) is 1. The van der Waals surface area contributed by atoms with Crippen LogP contribution in [0.5, 0.6) is 5.75 Å². The number of hydrogen-bond donors (Lipinski definition) is 1. The third-order valence-corrected chi connectivity index (χ3v) is 5.28. The Kier molecular flexibility index (Phi) is 3.52. The zero-order valence-corrected chi connectivity index (χ0v) is 13.1. The molecule has 0 saturated carbocycles. The Balaban J connectivity index is 2.05. The molecule has 0 amide bonds. The Hall–Kier alpha value is -1.40. The molecule has 1 N–H and O–H groups in total. The van der Waals surface area contributed by atoms with Gasteiger partial charge in [0.1, 0.15) is 16.7 Å². The van der Waals surface area contributed by atoms with E-state index in [1.807, 2.05) is 18.2 Å². The van der Waals surface area contributed by atoms with E-state index in [1.165, 1.54) is 0 Å². The Morgan fingerprint density at radius 1 is 1.55 bits per heavy atom. The first-order valence-corrected chi connectivity index (χ1v) is 7.77. The van der Waals surface area contributed by atoms with E-state index in [0.717, 1.165) is 37.8 Å². The Labute approximate surface area is 128 Å². The quantitative estimate of drug-likeness (QED) is 0.913. The summed E-state index contributed by atoms with van der Waals surface area (Å²) in [5.41, 5.74) is 1.67. The second-order valence-electron chi connectivity index (χ2n) is 4.60. The van der Waals surface area contributed by atoms with Crippen LogP contribution in [0.3, 0.4) is 0 Å². The zero-order valence-electron chi connectivity index (χ0n) is 10.7. The Bertz CT molecular complexity index is 683. The fourth-order valence-corrected chi connectivity index (χ4v) is 4.11. The molecule has 2 aromatic rings. The first kappa shape index (κ1) is 13.6. The number of benzene rings is 1. The van der Waals surface area contributed by atoms with E-state index >= 15 is 0 Å². The molecule has 4 nitrogen and oxygen atoms in total. The van der Waals surface area contributed by atoms with E-state index in [0.29, 0.717) is 6.42 Å². The highest BCUT2D eigenvalue weighted by molar-refractivity contribution is 9.10. The van der Waals surface area contributed by atoms with Gasteiger partial charge in [0.15, 0.2) is 0 Å². The maximum Gasteiger partial charge on any atom is 0.312 e. The van der Waals surface area contributed by atoms with Crippen molar-refractivity contribution in [3.8, 4) is 16.3 Å². The molecular weight excluding hydrogens is 342 g/mol. The van der Waals surface area contributed by atoms with Crippen LogP contribution in [0.15, 0.2) is 22.7 Å². The molecule has 0 radical (unpaired) electrons. The maximum atomic E-state index is 11.2. The first-order valence-electron chi connectivity index (χ1n) is 6.16. The molecule has 0 bridgehead atoms. The zero-order chi connectivity index (χ0) is 14.3. The summed E-state index contributed by atoms with van der Waals surface area (Å²) in [4.78, 5) is 16.9. The lowest BCUT2D eigenvalue weighted by molar-refractivity contribution is -0.138. The second-order valence-corrected chi connectivity index (χ2v) is 6.54. The predicted octanol–water partition coefficient (Wildman–Crippen LogP) is 3.70. The van der Waals surface area contributed by atoms with Crippen LogP contribution in [0, 0.1) is 0 Å². The van der Waals surface area contributed by atoms with Crippen LogP contribution in [0.2, 0.25) is 0 Å². The third-order valence-electron chi connectivity index (χ3n) is 3.42. The smallest absolute Gasteiger partial charge is 0.312 e. The van der Waals surface area contributed by atoms with Crippen molar-refractivity contribution in [2.24, 2.45) is 0 Å². The molecule has 1 atom stereocenters. The van der Waals surface area contributed by atoms with Crippen LogP contribution in [-0.2, 0) is 11.2 Å². The van der Waals surface area contributed by atoms with Gasteiger partial charge in [0.25, 0.3) is 0 Å². The van der Waals surface area contributed by atoms with Gasteiger partial charge in [-0.25, -0.2) is 4.98 Å². The first-order chi connectivity index (χ1) is 9.60. The van der Waals surface area contributed by atoms with Gasteiger partial charge < -0.3 is 9.84 Å². The number of halogens is 1. The Morgan fingerprint density at radius 3 is 3.05 bits per heavy atom. The van der Waals surface area contributed by atoms with Crippen LogP contribution >= 0.6 is 27.3 Å². The monoisotopic (exact) mass is 353 g/mol. The fraction of sp³-hybridized carbons (Fsp3) is 0.286. The number of carboxylic acid groups (broad SMARTS) is 1. The van der Waals surface area contributed by atoms with E-state index in [1.54, 1.807) is 18.4 Å². The molecular formula is C14H12BrNO3S. The molecule has 1 aromatic heterocycles. The number of carbonyl (C=O) groups is 1. The minimum Gasteiger partial charge on any atom is -0.497 e. The lowest BCUT2D eigenvalue weighted by Crippen LogP contribution is -2.08. The molecule has 0 fully saturated rings. The van der Waals surface area contributed by atoms with E-state index in [-0.39, 0.29) is 0 Å². The lowest BCUT2D eigenvalue weighted by Gasteiger charge is -2.05. The minimum atomic E-state index is -0.787. The average molecular weight is 354 g/mol. The summed E-state index contributed by atoms with van der Waals surface area (Å²) in [6.07, 6.45) is 1.45. The molecule has 20 heavy (non-hydrogen) atoms. The van der Waals surface area contributed by atoms with Crippen molar-refractivity contribution < 1.29 is 14.6 Å². The van der Waals surface area contributed by atoms with Crippen molar-refractivity contribution in [3.05, 3.63) is 33.2 Å². The molecule has 0 aliphatic heterocycles. The number of aryl methyl sites for hydroxylation is 1. The molecule has 0 spiro atoms. The summed E-state index contributed by atoms with van der Waals surface area (Å²) >= 11 is 5.08. The van der Waals surface area contributed by atoms with Gasteiger partial charge in [0.05, 0.1) is 12.8 Å². The van der Waals surface area contributed by atoms with E-state index in [2.05, 4.69) is 20.9 Å². The summed E-state index contributed by atoms with van der Waals surface area (Å²) in [7, 11) is 1.62.